The van der Waals surface area contributed by atoms with Crippen LogP contribution in [-0.4, -0.2) is 39.3 Å². The number of hydrogen-bond acceptors (Lipinski definition) is 3. The van der Waals surface area contributed by atoms with Crippen LogP contribution in [0, 0.1) is 0 Å². The number of aliphatic imine (C=N–C) groups is 1. The summed E-state index contributed by atoms with van der Waals surface area (Å²) in [6, 6.07) is 8.74. The lowest BCUT2D eigenvalue weighted by Gasteiger charge is -2.22. The van der Waals surface area contributed by atoms with E-state index in [1.54, 1.807) is 31.3 Å². The quantitative estimate of drug-likeness (QED) is 0.295. The molecule has 5 nitrogen and oxygen atoms in total. The van der Waals surface area contributed by atoms with Gasteiger partial charge in [0, 0.05) is 19.1 Å². The van der Waals surface area contributed by atoms with E-state index in [1.165, 1.54) is 0 Å². The first-order valence-corrected chi connectivity index (χ1v) is 9.63. The molecule has 1 unspecified atom stereocenters. The fourth-order valence-corrected chi connectivity index (χ4v) is 4.16. The second kappa shape index (κ2) is 10.0. The number of benzene rings is 1. The number of halogens is 1. The zero-order valence-electron chi connectivity index (χ0n) is 14.1. The van der Waals surface area contributed by atoms with E-state index < -0.39 is 9.84 Å². The number of hydrogen-bond donors (Lipinski definition) is 2. The maximum Gasteiger partial charge on any atom is 0.191 e. The van der Waals surface area contributed by atoms with Gasteiger partial charge in [0.2, 0.25) is 0 Å². The predicted octanol–water partition coefficient (Wildman–Crippen LogP) is 2.74. The molecule has 0 saturated heterocycles. The molecule has 1 aliphatic carbocycles. The van der Waals surface area contributed by atoms with Gasteiger partial charge in [0.05, 0.1) is 10.6 Å². The number of sulfone groups is 1. The van der Waals surface area contributed by atoms with Crippen LogP contribution in [-0.2, 0) is 9.84 Å². The first kappa shape index (κ1) is 21.0. The van der Waals surface area contributed by atoms with Crippen molar-refractivity contribution < 1.29 is 8.42 Å². The highest BCUT2D eigenvalue weighted by Gasteiger charge is 2.21. The van der Waals surface area contributed by atoms with Gasteiger partial charge in [0.15, 0.2) is 15.8 Å². The Bertz CT molecular complexity index is 652. The van der Waals surface area contributed by atoms with Gasteiger partial charge in [-0.25, -0.2) is 8.42 Å². The van der Waals surface area contributed by atoms with Gasteiger partial charge in [-0.2, -0.15) is 0 Å². The fraction of sp³-hybridized carbons (Fsp3) is 0.471. The lowest BCUT2D eigenvalue weighted by Crippen LogP contribution is -2.48. The van der Waals surface area contributed by atoms with Crippen molar-refractivity contribution in [1.82, 2.24) is 10.6 Å². The van der Waals surface area contributed by atoms with Crippen molar-refractivity contribution in [3.8, 4) is 0 Å². The van der Waals surface area contributed by atoms with Crippen LogP contribution in [0.5, 0.6) is 0 Å². The highest BCUT2D eigenvalue weighted by molar-refractivity contribution is 14.0. The molecule has 7 heteroatoms. The van der Waals surface area contributed by atoms with Gasteiger partial charge in [0.1, 0.15) is 0 Å². The Labute approximate surface area is 162 Å². The number of rotatable bonds is 6. The molecular weight excluding hydrogens is 437 g/mol. The summed E-state index contributed by atoms with van der Waals surface area (Å²) in [5.41, 5.74) is 0. The zero-order chi connectivity index (χ0) is 16.7. The molecule has 0 radical (unpaired) electrons. The molecule has 0 aromatic heterocycles. The largest absolute Gasteiger partial charge is 0.353 e. The summed E-state index contributed by atoms with van der Waals surface area (Å²) in [5.74, 6) is 0.714. The van der Waals surface area contributed by atoms with Gasteiger partial charge in [-0.1, -0.05) is 37.3 Å². The zero-order valence-corrected chi connectivity index (χ0v) is 17.3. The SMILES string of the molecule is CCC(CS(=O)(=O)c1ccccc1)NC(=NC)NC1CC=CC1.I. The molecular formula is C17H26IN3O2S. The van der Waals surface area contributed by atoms with Crippen LogP contribution in [0.3, 0.4) is 0 Å². The first-order valence-electron chi connectivity index (χ1n) is 7.97. The second-order valence-electron chi connectivity index (χ2n) is 5.70. The summed E-state index contributed by atoms with van der Waals surface area (Å²) < 4.78 is 25.0. The number of nitrogens with zero attached hydrogens (tertiary/aromatic N) is 1. The first-order chi connectivity index (χ1) is 11.0. The van der Waals surface area contributed by atoms with Crippen molar-refractivity contribution in [2.75, 3.05) is 12.8 Å². The van der Waals surface area contributed by atoms with Crippen LogP contribution in [0.2, 0.25) is 0 Å². The average molecular weight is 463 g/mol. The summed E-state index contributed by atoms with van der Waals surface area (Å²) in [6.45, 7) is 1.97. The molecule has 134 valence electrons. The third kappa shape index (κ3) is 6.08. The van der Waals surface area contributed by atoms with Gasteiger partial charge in [-0.15, -0.1) is 24.0 Å². The Balaban J connectivity index is 0.00000288. The summed E-state index contributed by atoms with van der Waals surface area (Å²) in [7, 11) is -1.61. The number of guanidine groups is 1. The molecule has 2 N–H and O–H groups in total. The third-order valence-electron chi connectivity index (χ3n) is 3.93. The fourth-order valence-electron chi connectivity index (χ4n) is 2.54. The Morgan fingerprint density at radius 3 is 2.42 bits per heavy atom. The van der Waals surface area contributed by atoms with Gasteiger partial charge in [-0.3, -0.25) is 4.99 Å². The molecule has 0 amide bonds. The minimum Gasteiger partial charge on any atom is -0.353 e. The smallest absolute Gasteiger partial charge is 0.191 e. The lowest BCUT2D eigenvalue weighted by molar-refractivity contribution is 0.561. The predicted molar refractivity (Wildman–Crippen MR) is 110 cm³/mol. The number of nitrogens with one attached hydrogen (secondary N) is 2. The monoisotopic (exact) mass is 463 g/mol. The van der Waals surface area contributed by atoms with Crippen molar-refractivity contribution in [3.63, 3.8) is 0 Å². The third-order valence-corrected chi connectivity index (χ3v) is 5.76. The van der Waals surface area contributed by atoms with Crippen molar-refractivity contribution in [2.45, 2.75) is 43.2 Å². The highest BCUT2D eigenvalue weighted by atomic mass is 127. The second-order valence-corrected chi connectivity index (χ2v) is 7.73. The Morgan fingerprint density at radius 1 is 1.25 bits per heavy atom. The van der Waals surface area contributed by atoms with Gasteiger partial charge in [-0.05, 0) is 31.4 Å². The Morgan fingerprint density at radius 2 is 1.88 bits per heavy atom. The van der Waals surface area contributed by atoms with Crippen LogP contribution >= 0.6 is 24.0 Å². The molecule has 1 aromatic rings. The van der Waals surface area contributed by atoms with Crippen LogP contribution in [0.4, 0.5) is 0 Å². The maximum atomic E-state index is 12.5. The minimum absolute atomic E-state index is 0. The molecule has 2 rings (SSSR count). The highest BCUT2D eigenvalue weighted by Crippen LogP contribution is 2.13. The summed E-state index contributed by atoms with van der Waals surface area (Å²) in [5, 5.41) is 6.58. The Hall–Kier alpha value is -1.09. The van der Waals surface area contributed by atoms with E-state index in [1.807, 2.05) is 13.0 Å². The molecule has 24 heavy (non-hydrogen) atoms. The van der Waals surface area contributed by atoms with Gasteiger partial charge < -0.3 is 10.6 Å². The van der Waals surface area contributed by atoms with E-state index in [9.17, 15) is 8.42 Å². The molecule has 0 saturated carbocycles. The van der Waals surface area contributed by atoms with E-state index in [-0.39, 0.29) is 35.8 Å². The molecule has 0 heterocycles. The summed E-state index contributed by atoms with van der Waals surface area (Å²) in [6.07, 6.45) is 6.93. The van der Waals surface area contributed by atoms with E-state index in [0.29, 0.717) is 23.3 Å². The molecule has 1 aliphatic rings. The van der Waals surface area contributed by atoms with Crippen LogP contribution in [0.15, 0.2) is 52.4 Å². The van der Waals surface area contributed by atoms with Crippen LogP contribution in [0.25, 0.3) is 0 Å². The van der Waals surface area contributed by atoms with E-state index in [2.05, 4.69) is 27.8 Å². The molecule has 1 aromatic carbocycles. The normalized spacial score (nSPS) is 16.5. The average Bonchev–Trinajstić information content (AvgIpc) is 3.07. The lowest BCUT2D eigenvalue weighted by atomic mass is 10.2. The summed E-state index contributed by atoms with van der Waals surface area (Å²) >= 11 is 0. The molecule has 0 bridgehead atoms. The van der Waals surface area contributed by atoms with E-state index in [0.717, 1.165) is 12.8 Å². The molecule has 1 atom stereocenters. The van der Waals surface area contributed by atoms with Gasteiger partial charge >= 0.3 is 0 Å². The topological polar surface area (TPSA) is 70.6 Å². The molecule has 0 fully saturated rings. The summed E-state index contributed by atoms with van der Waals surface area (Å²) in [4.78, 5) is 4.58. The van der Waals surface area contributed by atoms with E-state index >= 15 is 0 Å². The van der Waals surface area contributed by atoms with Gasteiger partial charge in [0.25, 0.3) is 0 Å². The van der Waals surface area contributed by atoms with Crippen LogP contribution < -0.4 is 10.6 Å². The maximum absolute atomic E-state index is 12.5. The van der Waals surface area contributed by atoms with Crippen molar-refractivity contribution in [3.05, 3.63) is 42.5 Å². The van der Waals surface area contributed by atoms with Crippen molar-refractivity contribution >= 4 is 39.8 Å². The van der Waals surface area contributed by atoms with Crippen LogP contribution in [0.1, 0.15) is 26.2 Å². The molecule has 0 spiro atoms. The standard InChI is InChI=1S/C17H25N3O2S.HI/c1-3-14(13-23(21,22)16-11-5-4-6-12-16)19-17(18-2)20-15-9-7-8-10-15;/h4-8,11-12,14-15H,3,9-10,13H2,1-2H3,(H2,18,19,20);1H. The Kier molecular flexibility index (Phi) is 8.75. The van der Waals surface area contributed by atoms with E-state index in [4.69, 9.17) is 0 Å². The molecule has 0 aliphatic heterocycles. The van der Waals surface area contributed by atoms with Crippen molar-refractivity contribution in [1.29, 1.82) is 0 Å². The van der Waals surface area contributed by atoms with Crippen molar-refractivity contribution in [2.24, 2.45) is 4.99 Å². The minimum atomic E-state index is -3.31.